The predicted octanol–water partition coefficient (Wildman–Crippen LogP) is 1.93. The summed E-state index contributed by atoms with van der Waals surface area (Å²) in [5, 5.41) is 2.82. The molecule has 0 atom stereocenters. The number of nitrogens with two attached hydrogens (primary N) is 1. The van der Waals surface area contributed by atoms with Gasteiger partial charge in [-0.15, -0.1) is 0 Å². The predicted molar refractivity (Wildman–Crippen MR) is 117 cm³/mol. The first-order chi connectivity index (χ1) is 14.7. The third-order valence-electron chi connectivity index (χ3n) is 4.47. The second-order valence-electron chi connectivity index (χ2n) is 8.40. The van der Waals surface area contributed by atoms with E-state index >= 15 is 0 Å². The summed E-state index contributed by atoms with van der Waals surface area (Å²) >= 11 is 0. The van der Waals surface area contributed by atoms with Gasteiger partial charge < -0.3 is 19.2 Å². The van der Waals surface area contributed by atoms with Crippen LogP contribution in [0, 0.1) is 0 Å². The summed E-state index contributed by atoms with van der Waals surface area (Å²) in [6.45, 7) is 9.48. The third-order valence-corrected chi connectivity index (χ3v) is 4.47. The Labute approximate surface area is 183 Å². The van der Waals surface area contributed by atoms with E-state index < -0.39 is 5.60 Å². The maximum absolute atomic E-state index is 11.9. The number of carbonyl (C=O) groups excluding carboxylic acids is 2. The molecule has 1 aliphatic rings. The number of esters is 1. The van der Waals surface area contributed by atoms with E-state index in [1.54, 1.807) is 0 Å². The molecule has 1 heterocycles. The Kier molecular flexibility index (Phi) is 9.26. The van der Waals surface area contributed by atoms with Crippen LogP contribution in [-0.4, -0.2) is 54.6 Å². The number of carbonyl (C=O) groups is 2. The zero-order valence-electron chi connectivity index (χ0n) is 18.9. The van der Waals surface area contributed by atoms with Crippen molar-refractivity contribution in [1.29, 1.82) is 0 Å². The average molecular weight is 435 g/mol. The number of ether oxygens (including phenoxy) is 2. The Morgan fingerprint density at radius 1 is 1.23 bits per heavy atom. The number of rotatable bonds is 8. The Balaban J connectivity index is 1.96. The second-order valence-corrected chi connectivity index (χ2v) is 8.40. The van der Waals surface area contributed by atoms with E-state index in [2.05, 4.69) is 15.1 Å². The number of benzene rings is 1. The van der Waals surface area contributed by atoms with Crippen molar-refractivity contribution in [1.82, 2.24) is 10.2 Å². The SMILES string of the molecule is CC(=O)NC(=NCCCC(=O)OC(C)(C)C)N1CCc2cc(OCCON)ccc2C1. The molecule has 9 nitrogen and oxygen atoms in total. The number of fused-ring (bicyclic) bond motifs is 1. The number of hydrogen-bond acceptors (Lipinski definition) is 7. The number of nitrogens with one attached hydrogen (secondary N) is 1. The molecule has 0 spiro atoms. The lowest BCUT2D eigenvalue weighted by Gasteiger charge is -2.31. The Hall–Kier alpha value is -2.65. The van der Waals surface area contributed by atoms with Crippen LogP contribution in [0.4, 0.5) is 0 Å². The maximum Gasteiger partial charge on any atom is 0.306 e. The van der Waals surface area contributed by atoms with Crippen molar-refractivity contribution in [3.63, 3.8) is 0 Å². The first kappa shape index (κ1) is 24.6. The van der Waals surface area contributed by atoms with Gasteiger partial charge in [0.05, 0.1) is 0 Å². The summed E-state index contributed by atoms with van der Waals surface area (Å²) < 4.78 is 10.9. The van der Waals surface area contributed by atoms with E-state index in [9.17, 15) is 9.59 Å². The van der Waals surface area contributed by atoms with Crippen LogP contribution >= 0.6 is 0 Å². The van der Waals surface area contributed by atoms with Gasteiger partial charge in [0, 0.05) is 33.0 Å². The molecule has 1 aliphatic heterocycles. The number of nitrogens with zero attached hydrogens (tertiary/aromatic N) is 2. The van der Waals surface area contributed by atoms with Crippen LogP contribution in [0.3, 0.4) is 0 Å². The fourth-order valence-corrected chi connectivity index (χ4v) is 3.18. The molecule has 0 bridgehead atoms. The number of amides is 1. The van der Waals surface area contributed by atoms with Crippen molar-refractivity contribution >= 4 is 17.8 Å². The highest BCUT2D eigenvalue weighted by Gasteiger charge is 2.21. The smallest absolute Gasteiger partial charge is 0.306 e. The van der Waals surface area contributed by atoms with Gasteiger partial charge in [-0.1, -0.05) is 6.07 Å². The van der Waals surface area contributed by atoms with Crippen molar-refractivity contribution in [3.8, 4) is 5.75 Å². The Morgan fingerprint density at radius 3 is 2.68 bits per heavy atom. The summed E-state index contributed by atoms with van der Waals surface area (Å²) in [5.41, 5.74) is 1.86. The number of hydrogen-bond donors (Lipinski definition) is 2. The molecule has 31 heavy (non-hydrogen) atoms. The zero-order chi connectivity index (χ0) is 22.9. The topological polar surface area (TPSA) is 115 Å². The molecule has 0 saturated carbocycles. The summed E-state index contributed by atoms with van der Waals surface area (Å²) in [5.74, 6) is 5.90. The van der Waals surface area contributed by atoms with Crippen molar-refractivity contribution in [2.24, 2.45) is 10.9 Å². The minimum atomic E-state index is -0.494. The van der Waals surface area contributed by atoms with Gasteiger partial charge in [0.15, 0.2) is 0 Å². The van der Waals surface area contributed by atoms with Crippen molar-refractivity contribution < 1.29 is 23.9 Å². The van der Waals surface area contributed by atoms with E-state index in [1.165, 1.54) is 12.5 Å². The Bertz CT molecular complexity index is 789. The number of aliphatic imine (C=N–C) groups is 1. The minimum absolute atomic E-state index is 0.178. The molecule has 1 amide bonds. The van der Waals surface area contributed by atoms with Gasteiger partial charge in [-0.25, -0.2) is 5.90 Å². The first-order valence-electron chi connectivity index (χ1n) is 10.5. The fourth-order valence-electron chi connectivity index (χ4n) is 3.18. The summed E-state index contributed by atoms with van der Waals surface area (Å²) in [7, 11) is 0. The van der Waals surface area contributed by atoms with Gasteiger partial charge in [0.1, 0.15) is 24.6 Å². The van der Waals surface area contributed by atoms with Crippen molar-refractivity contribution in [3.05, 3.63) is 29.3 Å². The highest BCUT2D eigenvalue weighted by Crippen LogP contribution is 2.24. The standard InChI is InChI=1S/C22H34N4O5/c1-16(27)25-21(24-10-5-6-20(28)31-22(2,3)4)26-11-9-17-14-19(29-12-13-30-23)8-7-18(17)15-26/h7-8,14H,5-6,9-13,15,23H2,1-4H3,(H,24,25,27). The van der Waals surface area contributed by atoms with Gasteiger partial charge in [-0.2, -0.15) is 0 Å². The lowest BCUT2D eigenvalue weighted by Crippen LogP contribution is -2.45. The highest BCUT2D eigenvalue weighted by atomic mass is 16.6. The molecule has 3 N–H and O–H groups in total. The molecule has 2 rings (SSSR count). The summed E-state index contributed by atoms with van der Waals surface area (Å²) in [6.07, 6.45) is 1.64. The largest absolute Gasteiger partial charge is 0.491 e. The van der Waals surface area contributed by atoms with Crippen LogP contribution in [0.1, 0.15) is 51.7 Å². The van der Waals surface area contributed by atoms with Crippen LogP contribution in [0.15, 0.2) is 23.2 Å². The quantitative estimate of drug-likeness (QED) is 0.211. The van der Waals surface area contributed by atoms with Crippen LogP contribution in [0.25, 0.3) is 0 Å². The van der Waals surface area contributed by atoms with Gasteiger partial charge in [-0.05, 0) is 56.9 Å². The summed E-state index contributed by atoms with van der Waals surface area (Å²) in [6, 6.07) is 5.96. The molecule has 0 radical (unpaired) electrons. The minimum Gasteiger partial charge on any atom is -0.491 e. The van der Waals surface area contributed by atoms with Crippen molar-refractivity contribution in [2.75, 3.05) is 26.3 Å². The van der Waals surface area contributed by atoms with Crippen LogP contribution < -0.4 is 16.0 Å². The van der Waals surface area contributed by atoms with Crippen LogP contribution in [-0.2, 0) is 32.1 Å². The zero-order valence-corrected chi connectivity index (χ0v) is 18.9. The van der Waals surface area contributed by atoms with E-state index in [1.807, 2.05) is 43.9 Å². The normalized spacial score (nSPS) is 14.1. The lowest BCUT2D eigenvalue weighted by atomic mass is 9.99. The van der Waals surface area contributed by atoms with Crippen molar-refractivity contribution in [2.45, 2.75) is 59.1 Å². The molecular weight excluding hydrogens is 400 g/mol. The second kappa shape index (κ2) is 11.7. The fraction of sp³-hybridized carbons (Fsp3) is 0.591. The molecule has 172 valence electrons. The first-order valence-corrected chi connectivity index (χ1v) is 10.5. The molecule has 1 aromatic rings. The highest BCUT2D eigenvalue weighted by molar-refractivity contribution is 5.96. The van der Waals surface area contributed by atoms with Crippen LogP contribution in [0.2, 0.25) is 0 Å². The molecule has 9 heteroatoms. The third kappa shape index (κ3) is 8.94. The van der Waals surface area contributed by atoms with Gasteiger partial charge in [0.2, 0.25) is 11.9 Å². The van der Waals surface area contributed by atoms with E-state index in [0.29, 0.717) is 45.2 Å². The molecule has 0 fully saturated rings. The van der Waals surface area contributed by atoms with E-state index in [-0.39, 0.29) is 18.3 Å². The molecular formula is C22H34N4O5. The maximum atomic E-state index is 11.9. The molecule has 0 unspecified atom stereocenters. The molecule has 0 aromatic heterocycles. The van der Waals surface area contributed by atoms with E-state index in [4.69, 9.17) is 15.4 Å². The molecule has 1 aromatic carbocycles. The van der Waals surface area contributed by atoms with E-state index in [0.717, 1.165) is 17.7 Å². The molecule has 0 aliphatic carbocycles. The monoisotopic (exact) mass is 434 g/mol. The number of guanidine groups is 1. The van der Waals surface area contributed by atoms with Gasteiger partial charge in [-0.3, -0.25) is 19.9 Å². The summed E-state index contributed by atoms with van der Waals surface area (Å²) in [4.78, 5) is 34.6. The Morgan fingerprint density at radius 2 is 2.00 bits per heavy atom. The van der Waals surface area contributed by atoms with Gasteiger partial charge >= 0.3 is 5.97 Å². The van der Waals surface area contributed by atoms with Gasteiger partial charge in [0.25, 0.3) is 0 Å². The van der Waals surface area contributed by atoms with Crippen LogP contribution in [0.5, 0.6) is 5.75 Å². The lowest BCUT2D eigenvalue weighted by molar-refractivity contribution is -0.154. The average Bonchev–Trinajstić information content (AvgIpc) is 2.68. The molecule has 0 saturated heterocycles.